The maximum absolute atomic E-state index is 13.6. The molecule has 47 heavy (non-hydrogen) atoms. The minimum absolute atomic E-state index is 0.0431. The zero-order valence-electron chi connectivity index (χ0n) is 26.9. The van der Waals surface area contributed by atoms with Crippen LogP contribution in [0.3, 0.4) is 0 Å². The lowest BCUT2D eigenvalue weighted by atomic mass is 10.0. The Balaban J connectivity index is 1.30. The Bertz CT molecular complexity index is 1640. The Hall–Kier alpha value is -4.93. The van der Waals surface area contributed by atoms with E-state index in [2.05, 4.69) is 22.5 Å². The van der Waals surface area contributed by atoms with Crippen LogP contribution < -0.4 is 20.1 Å². The molecule has 9 nitrogen and oxygen atoms in total. The summed E-state index contributed by atoms with van der Waals surface area (Å²) in [6.07, 6.45) is -0.235. The number of ether oxygens (including phenoxy) is 2. The van der Waals surface area contributed by atoms with Crippen molar-refractivity contribution in [1.29, 1.82) is 0 Å². The fourth-order valence-corrected chi connectivity index (χ4v) is 5.52. The number of amides is 3. The van der Waals surface area contributed by atoms with Crippen molar-refractivity contribution in [2.24, 2.45) is 5.92 Å². The molecule has 4 aromatic carbocycles. The summed E-state index contributed by atoms with van der Waals surface area (Å²) < 4.78 is 25.8. The molecule has 0 bridgehead atoms. The SMILES string of the molecule is C[C@H]1CN([C@@H](C)CO)C(=O)Cc2cc(NC(=O)Nc3ccc(F)cc3)ccc2O[C@@H]1CN(C)Cc1ccc(Oc2ccccc2)cc1. The van der Waals surface area contributed by atoms with Gasteiger partial charge in [0.15, 0.2) is 0 Å². The van der Waals surface area contributed by atoms with Crippen LogP contribution in [0, 0.1) is 11.7 Å². The quantitative estimate of drug-likeness (QED) is 0.182. The molecule has 0 saturated carbocycles. The minimum Gasteiger partial charge on any atom is -0.488 e. The number of urea groups is 1. The molecule has 5 rings (SSSR count). The largest absolute Gasteiger partial charge is 0.488 e. The van der Waals surface area contributed by atoms with Gasteiger partial charge in [0.2, 0.25) is 5.91 Å². The molecular weight excluding hydrogens is 599 g/mol. The zero-order chi connectivity index (χ0) is 33.3. The molecule has 4 aromatic rings. The number of carbonyl (C=O) groups excluding carboxylic acids is 2. The first-order valence-corrected chi connectivity index (χ1v) is 15.7. The Morgan fingerprint density at radius 2 is 1.66 bits per heavy atom. The molecule has 1 aliphatic rings. The number of benzene rings is 4. The van der Waals surface area contributed by atoms with E-state index in [0.29, 0.717) is 42.3 Å². The number of aliphatic hydroxyl groups excluding tert-OH is 1. The summed E-state index contributed by atoms with van der Waals surface area (Å²) >= 11 is 0. The first kappa shape index (κ1) is 33.4. The van der Waals surface area contributed by atoms with Crippen molar-refractivity contribution >= 4 is 23.3 Å². The maximum atomic E-state index is 13.6. The van der Waals surface area contributed by atoms with E-state index in [9.17, 15) is 19.1 Å². The summed E-state index contributed by atoms with van der Waals surface area (Å²) in [5.41, 5.74) is 2.66. The normalized spacial score (nSPS) is 17.1. The predicted molar refractivity (Wildman–Crippen MR) is 180 cm³/mol. The van der Waals surface area contributed by atoms with E-state index in [0.717, 1.165) is 17.1 Å². The van der Waals surface area contributed by atoms with Gasteiger partial charge in [-0.2, -0.15) is 0 Å². The number of carbonyl (C=O) groups is 2. The van der Waals surface area contributed by atoms with Crippen molar-refractivity contribution < 1.29 is 28.6 Å². The fraction of sp³-hybridized carbons (Fsp3) is 0.297. The Labute approximate surface area is 274 Å². The number of likely N-dealkylation sites (N-methyl/N-ethyl adjacent to an activating group) is 1. The number of nitrogens with one attached hydrogen (secondary N) is 2. The van der Waals surface area contributed by atoms with Gasteiger partial charge in [0.1, 0.15) is 29.2 Å². The number of aliphatic hydroxyl groups is 1. The van der Waals surface area contributed by atoms with Gasteiger partial charge in [-0.05, 0) is 86.3 Å². The van der Waals surface area contributed by atoms with Gasteiger partial charge in [-0.1, -0.05) is 37.3 Å². The van der Waals surface area contributed by atoms with Gasteiger partial charge in [0.25, 0.3) is 0 Å². The molecule has 0 aromatic heterocycles. The van der Waals surface area contributed by atoms with Crippen LogP contribution in [0.2, 0.25) is 0 Å². The average molecular weight is 641 g/mol. The lowest BCUT2D eigenvalue weighted by molar-refractivity contribution is -0.134. The van der Waals surface area contributed by atoms with E-state index >= 15 is 0 Å². The van der Waals surface area contributed by atoms with Crippen molar-refractivity contribution in [3.63, 3.8) is 0 Å². The highest BCUT2D eigenvalue weighted by molar-refractivity contribution is 6.00. The second-order valence-electron chi connectivity index (χ2n) is 12.1. The Morgan fingerprint density at radius 3 is 2.36 bits per heavy atom. The van der Waals surface area contributed by atoms with Crippen molar-refractivity contribution in [1.82, 2.24) is 9.80 Å². The van der Waals surface area contributed by atoms with Gasteiger partial charge in [0, 0.05) is 42.5 Å². The summed E-state index contributed by atoms with van der Waals surface area (Å²) in [4.78, 5) is 30.1. The highest BCUT2D eigenvalue weighted by Crippen LogP contribution is 2.30. The van der Waals surface area contributed by atoms with Crippen LogP contribution in [0.1, 0.15) is 25.0 Å². The summed E-state index contributed by atoms with van der Waals surface area (Å²) in [5.74, 6) is 1.52. The van der Waals surface area contributed by atoms with Gasteiger partial charge in [-0.15, -0.1) is 0 Å². The van der Waals surface area contributed by atoms with Crippen LogP contribution in [-0.4, -0.2) is 65.7 Å². The summed E-state index contributed by atoms with van der Waals surface area (Å²) in [7, 11) is 2.03. The number of fused-ring (bicyclic) bond motifs is 1. The number of rotatable bonds is 10. The molecule has 246 valence electrons. The van der Waals surface area contributed by atoms with E-state index in [4.69, 9.17) is 9.47 Å². The standard InChI is InChI=1S/C37H41FN4O5/c1-25-21-42(26(2)24-43)36(44)20-28-19-31(40-37(45)39-30-13-11-29(38)12-14-30)15-18-34(28)47-35(25)23-41(3)22-27-9-16-33(17-10-27)46-32-7-5-4-6-8-32/h4-19,25-26,35,43H,20-24H2,1-3H3,(H2,39,40,45)/t25-,26-,35+/m0/s1. The van der Waals surface area contributed by atoms with Gasteiger partial charge < -0.3 is 30.1 Å². The molecule has 0 saturated heterocycles. The third-order valence-electron chi connectivity index (χ3n) is 8.12. The van der Waals surface area contributed by atoms with Crippen LogP contribution >= 0.6 is 0 Å². The number of hydrogen-bond donors (Lipinski definition) is 3. The highest BCUT2D eigenvalue weighted by Gasteiger charge is 2.31. The molecule has 10 heteroatoms. The number of hydrogen-bond acceptors (Lipinski definition) is 6. The smallest absolute Gasteiger partial charge is 0.323 e. The zero-order valence-corrected chi connectivity index (χ0v) is 26.9. The lowest BCUT2D eigenvalue weighted by Crippen LogP contribution is -2.47. The lowest BCUT2D eigenvalue weighted by Gasteiger charge is -2.34. The van der Waals surface area contributed by atoms with Gasteiger partial charge >= 0.3 is 6.03 Å². The molecule has 0 spiro atoms. The van der Waals surface area contributed by atoms with E-state index in [-0.39, 0.29) is 37.0 Å². The minimum atomic E-state index is -0.504. The monoisotopic (exact) mass is 640 g/mol. The molecule has 1 aliphatic heterocycles. The van der Waals surface area contributed by atoms with Gasteiger partial charge in [-0.25, -0.2) is 9.18 Å². The van der Waals surface area contributed by atoms with E-state index < -0.39 is 11.8 Å². The summed E-state index contributed by atoms with van der Waals surface area (Å²) in [5, 5.41) is 15.4. The van der Waals surface area contributed by atoms with Gasteiger partial charge in [-0.3, -0.25) is 9.69 Å². The van der Waals surface area contributed by atoms with E-state index in [1.165, 1.54) is 24.3 Å². The summed E-state index contributed by atoms with van der Waals surface area (Å²) in [6.45, 7) is 5.40. The maximum Gasteiger partial charge on any atom is 0.323 e. The molecule has 0 radical (unpaired) electrons. The van der Waals surface area contributed by atoms with E-state index in [1.54, 1.807) is 23.1 Å². The van der Waals surface area contributed by atoms with Crippen molar-refractivity contribution in [3.05, 3.63) is 114 Å². The molecule has 3 amide bonds. The number of nitrogens with zero attached hydrogens (tertiary/aromatic N) is 2. The molecule has 1 heterocycles. The third kappa shape index (κ3) is 9.31. The van der Waals surface area contributed by atoms with Crippen LogP contribution in [-0.2, 0) is 17.8 Å². The first-order chi connectivity index (χ1) is 22.7. The van der Waals surface area contributed by atoms with Crippen molar-refractivity contribution in [2.75, 3.05) is 37.4 Å². The molecule has 3 atom stereocenters. The van der Waals surface area contributed by atoms with E-state index in [1.807, 2.05) is 68.6 Å². The average Bonchev–Trinajstić information content (AvgIpc) is 3.10. The molecule has 0 unspecified atom stereocenters. The van der Waals surface area contributed by atoms with Crippen LogP contribution in [0.4, 0.5) is 20.6 Å². The molecule has 0 fully saturated rings. The molecular formula is C37H41FN4O5. The highest BCUT2D eigenvalue weighted by atomic mass is 19.1. The van der Waals surface area contributed by atoms with Crippen LogP contribution in [0.15, 0.2) is 97.1 Å². The number of para-hydroxylation sites is 1. The fourth-order valence-electron chi connectivity index (χ4n) is 5.52. The third-order valence-corrected chi connectivity index (χ3v) is 8.12. The van der Waals surface area contributed by atoms with Crippen molar-refractivity contribution in [3.8, 4) is 17.2 Å². The Kier molecular flexibility index (Phi) is 11.1. The number of anilines is 2. The molecule has 0 aliphatic carbocycles. The number of halogens is 1. The first-order valence-electron chi connectivity index (χ1n) is 15.7. The topological polar surface area (TPSA) is 103 Å². The molecule has 3 N–H and O–H groups in total. The predicted octanol–water partition coefficient (Wildman–Crippen LogP) is 6.54. The second-order valence-corrected chi connectivity index (χ2v) is 12.1. The second kappa shape index (κ2) is 15.6. The Morgan fingerprint density at radius 1 is 1.00 bits per heavy atom. The van der Waals surface area contributed by atoms with Crippen molar-refractivity contribution in [2.45, 2.75) is 39.0 Å². The summed E-state index contributed by atoms with van der Waals surface area (Å²) in [6, 6.07) is 27.5. The van der Waals surface area contributed by atoms with Crippen LogP contribution in [0.5, 0.6) is 17.2 Å². The van der Waals surface area contributed by atoms with Gasteiger partial charge in [0.05, 0.1) is 19.1 Å². The van der Waals surface area contributed by atoms with Crippen LogP contribution in [0.25, 0.3) is 0 Å².